The van der Waals surface area contributed by atoms with Gasteiger partial charge in [0.1, 0.15) is 5.82 Å². The van der Waals surface area contributed by atoms with Crippen LogP contribution in [-0.4, -0.2) is 32.6 Å². The summed E-state index contributed by atoms with van der Waals surface area (Å²) in [6.07, 6.45) is 0. The number of carbonyl (C=O) groups excluding carboxylic acids is 2. The second-order valence-corrected chi connectivity index (χ2v) is 5.60. The Balaban J connectivity index is 1.90. The van der Waals surface area contributed by atoms with Crippen LogP contribution in [0.2, 0.25) is 5.02 Å². The van der Waals surface area contributed by atoms with Gasteiger partial charge in [0.05, 0.1) is 16.3 Å². The molecule has 24 heavy (non-hydrogen) atoms. The Bertz CT molecular complexity index is 748. The van der Waals surface area contributed by atoms with Crippen LogP contribution in [0.5, 0.6) is 0 Å². The number of rotatable bonds is 5. The van der Waals surface area contributed by atoms with Gasteiger partial charge in [-0.1, -0.05) is 11.6 Å². The molecule has 0 saturated heterocycles. The van der Waals surface area contributed by atoms with Crippen molar-refractivity contribution in [3.8, 4) is 0 Å². The highest BCUT2D eigenvalue weighted by Crippen LogP contribution is 2.22. The lowest BCUT2D eigenvalue weighted by Gasteiger charge is -2.12. The van der Waals surface area contributed by atoms with Gasteiger partial charge in [-0.25, -0.2) is 9.18 Å². The number of anilines is 2. The fourth-order valence-electron chi connectivity index (χ4n) is 1.89. The molecule has 0 radical (unpaired) electrons. The van der Waals surface area contributed by atoms with E-state index in [-0.39, 0.29) is 10.7 Å². The number of benzene rings is 2. The molecule has 2 aromatic carbocycles. The molecule has 0 aromatic heterocycles. The van der Waals surface area contributed by atoms with E-state index in [4.69, 9.17) is 16.3 Å². The van der Waals surface area contributed by atoms with Gasteiger partial charge in [0.25, 0.3) is 5.91 Å². The Kier molecular flexibility index (Phi) is 5.76. The Morgan fingerprint density at radius 2 is 1.83 bits per heavy atom. The van der Waals surface area contributed by atoms with Gasteiger partial charge in [-0.2, -0.15) is 0 Å². The van der Waals surface area contributed by atoms with E-state index >= 15 is 0 Å². The molecule has 5 nitrogen and oxygen atoms in total. The van der Waals surface area contributed by atoms with Crippen LogP contribution in [0.15, 0.2) is 42.5 Å². The largest absolute Gasteiger partial charge is 0.452 e. The molecule has 7 heteroatoms. The first-order valence-corrected chi connectivity index (χ1v) is 7.44. The summed E-state index contributed by atoms with van der Waals surface area (Å²) in [7, 11) is 3.77. The quantitative estimate of drug-likeness (QED) is 0.840. The SMILES string of the molecule is CN(C)c1ccc(C(=O)OCC(=O)Nc2ccc(F)cc2Cl)cc1. The third kappa shape index (κ3) is 4.70. The van der Waals surface area contributed by atoms with Gasteiger partial charge in [-0.05, 0) is 42.5 Å². The second kappa shape index (κ2) is 7.79. The Labute approximate surface area is 144 Å². The highest BCUT2D eigenvalue weighted by atomic mass is 35.5. The molecule has 1 amide bonds. The molecule has 0 fully saturated rings. The average molecular weight is 351 g/mol. The maximum absolute atomic E-state index is 12.9. The van der Waals surface area contributed by atoms with Gasteiger partial charge in [0, 0.05) is 19.8 Å². The highest BCUT2D eigenvalue weighted by Gasteiger charge is 2.12. The molecule has 0 aliphatic carbocycles. The van der Waals surface area contributed by atoms with Crippen LogP contribution < -0.4 is 10.2 Å². The lowest BCUT2D eigenvalue weighted by Crippen LogP contribution is -2.21. The smallest absolute Gasteiger partial charge is 0.338 e. The molecule has 0 aliphatic rings. The first kappa shape index (κ1) is 17.7. The summed E-state index contributed by atoms with van der Waals surface area (Å²) in [5.74, 6) is -1.69. The lowest BCUT2D eigenvalue weighted by molar-refractivity contribution is -0.119. The van der Waals surface area contributed by atoms with Crippen LogP contribution in [-0.2, 0) is 9.53 Å². The van der Waals surface area contributed by atoms with Crippen molar-refractivity contribution in [2.75, 3.05) is 30.9 Å². The number of nitrogens with zero attached hydrogens (tertiary/aromatic N) is 1. The predicted octanol–water partition coefficient (Wildman–Crippen LogP) is 3.34. The third-order valence-corrected chi connectivity index (χ3v) is 3.47. The van der Waals surface area contributed by atoms with E-state index in [2.05, 4.69) is 5.32 Å². The van der Waals surface area contributed by atoms with Crippen LogP contribution in [0.1, 0.15) is 10.4 Å². The number of hydrogen-bond acceptors (Lipinski definition) is 4. The molecule has 2 rings (SSSR count). The Morgan fingerprint density at radius 3 is 2.42 bits per heavy atom. The maximum atomic E-state index is 12.9. The molecular formula is C17H16ClFN2O3. The van der Waals surface area contributed by atoms with Crippen LogP contribution >= 0.6 is 11.6 Å². The van der Waals surface area contributed by atoms with Crippen LogP contribution in [0, 0.1) is 5.82 Å². The van der Waals surface area contributed by atoms with Gasteiger partial charge in [-0.3, -0.25) is 4.79 Å². The van der Waals surface area contributed by atoms with E-state index in [0.29, 0.717) is 5.56 Å². The Morgan fingerprint density at radius 1 is 1.17 bits per heavy atom. The van der Waals surface area contributed by atoms with Crippen molar-refractivity contribution in [3.05, 3.63) is 58.9 Å². The van der Waals surface area contributed by atoms with E-state index in [9.17, 15) is 14.0 Å². The minimum Gasteiger partial charge on any atom is -0.452 e. The summed E-state index contributed by atoms with van der Waals surface area (Å²) < 4.78 is 17.9. The fraction of sp³-hybridized carbons (Fsp3) is 0.176. The van der Waals surface area contributed by atoms with E-state index in [0.717, 1.165) is 11.8 Å². The van der Waals surface area contributed by atoms with E-state index in [1.165, 1.54) is 12.1 Å². The number of nitrogens with one attached hydrogen (secondary N) is 1. The second-order valence-electron chi connectivity index (χ2n) is 5.19. The molecular weight excluding hydrogens is 335 g/mol. The van der Waals surface area contributed by atoms with Gasteiger partial charge < -0.3 is 15.0 Å². The summed E-state index contributed by atoms with van der Waals surface area (Å²) in [6.45, 7) is -0.470. The number of esters is 1. The molecule has 0 aliphatic heterocycles. The zero-order chi connectivity index (χ0) is 17.7. The van der Waals surface area contributed by atoms with Crippen molar-refractivity contribution in [1.82, 2.24) is 0 Å². The summed E-state index contributed by atoms with van der Waals surface area (Å²) in [5.41, 5.74) is 1.53. The van der Waals surface area contributed by atoms with Gasteiger partial charge in [0.2, 0.25) is 0 Å². The molecule has 2 aromatic rings. The molecule has 126 valence electrons. The maximum Gasteiger partial charge on any atom is 0.338 e. The highest BCUT2D eigenvalue weighted by molar-refractivity contribution is 6.33. The zero-order valence-electron chi connectivity index (χ0n) is 13.2. The van der Waals surface area contributed by atoms with Crippen molar-refractivity contribution < 1.29 is 18.7 Å². The molecule has 0 heterocycles. The minimum absolute atomic E-state index is 0.0638. The first-order chi connectivity index (χ1) is 11.4. The molecule has 0 bridgehead atoms. The average Bonchev–Trinajstić information content (AvgIpc) is 2.55. The Hall–Kier alpha value is -2.60. The van der Waals surface area contributed by atoms with Crippen LogP contribution in [0.25, 0.3) is 0 Å². The van der Waals surface area contributed by atoms with Crippen molar-refractivity contribution in [1.29, 1.82) is 0 Å². The molecule has 0 unspecified atom stereocenters. The van der Waals surface area contributed by atoms with Gasteiger partial charge in [-0.15, -0.1) is 0 Å². The monoisotopic (exact) mass is 350 g/mol. The van der Waals surface area contributed by atoms with Crippen molar-refractivity contribution in [3.63, 3.8) is 0 Å². The number of amides is 1. The van der Waals surface area contributed by atoms with E-state index < -0.39 is 24.3 Å². The summed E-state index contributed by atoms with van der Waals surface area (Å²) >= 11 is 5.81. The molecule has 0 atom stereocenters. The fourth-order valence-corrected chi connectivity index (χ4v) is 2.10. The molecule has 1 N–H and O–H groups in total. The topological polar surface area (TPSA) is 58.6 Å². The van der Waals surface area contributed by atoms with Gasteiger partial charge in [0.15, 0.2) is 6.61 Å². The van der Waals surface area contributed by atoms with Crippen LogP contribution in [0.4, 0.5) is 15.8 Å². The first-order valence-electron chi connectivity index (χ1n) is 7.06. The summed E-state index contributed by atoms with van der Waals surface area (Å²) in [4.78, 5) is 25.6. The van der Waals surface area contributed by atoms with E-state index in [1.54, 1.807) is 24.3 Å². The predicted molar refractivity (Wildman–Crippen MR) is 91.1 cm³/mol. The van der Waals surface area contributed by atoms with Crippen molar-refractivity contribution in [2.45, 2.75) is 0 Å². The number of halogens is 2. The summed E-state index contributed by atoms with van der Waals surface area (Å²) in [5, 5.41) is 2.51. The number of carbonyl (C=O) groups is 2. The number of ether oxygens (including phenoxy) is 1. The van der Waals surface area contributed by atoms with E-state index in [1.807, 2.05) is 19.0 Å². The summed E-state index contributed by atoms with van der Waals surface area (Å²) in [6, 6.07) is 10.4. The third-order valence-electron chi connectivity index (χ3n) is 3.16. The lowest BCUT2D eigenvalue weighted by atomic mass is 10.2. The minimum atomic E-state index is -0.611. The van der Waals surface area contributed by atoms with Crippen molar-refractivity contribution >= 4 is 34.9 Å². The van der Waals surface area contributed by atoms with Crippen LogP contribution in [0.3, 0.4) is 0 Å². The zero-order valence-corrected chi connectivity index (χ0v) is 13.9. The molecule has 0 spiro atoms. The number of hydrogen-bond donors (Lipinski definition) is 1. The normalized spacial score (nSPS) is 10.2. The molecule has 0 saturated carbocycles. The van der Waals surface area contributed by atoms with Gasteiger partial charge >= 0.3 is 5.97 Å². The standard InChI is InChI=1S/C17H16ClFN2O3/c1-21(2)13-6-3-11(4-7-13)17(23)24-10-16(22)20-15-8-5-12(19)9-14(15)18/h3-9H,10H2,1-2H3,(H,20,22). The van der Waals surface area contributed by atoms with Crippen molar-refractivity contribution in [2.24, 2.45) is 0 Å².